The number of fused-ring (bicyclic) bond motifs is 1. The van der Waals surface area contributed by atoms with Gasteiger partial charge in [-0.15, -0.1) is 0 Å². The van der Waals surface area contributed by atoms with Crippen molar-refractivity contribution in [1.82, 2.24) is 9.88 Å². The van der Waals surface area contributed by atoms with Gasteiger partial charge in [-0.3, -0.25) is 14.5 Å². The summed E-state index contributed by atoms with van der Waals surface area (Å²) >= 11 is 12.7. The van der Waals surface area contributed by atoms with Crippen LogP contribution in [-0.2, 0) is 0 Å². The van der Waals surface area contributed by atoms with Gasteiger partial charge in [-0.05, 0) is 80.4 Å². The molecule has 39 heavy (non-hydrogen) atoms. The van der Waals surface area contributed by atoms with Crippen LogP contribution in [0.1, 0.15) is 63.5 Å². The van der Waals surface area contributed by atoms with Crippen LogP contribution in [0.4, 0.5) is 5.69 Å². The van der Waals surface area contributed by atoms with Crippen LogP contribution >= 0.6 is 23.2 Å². The molecule has 0 unspecified atom stereocenters. The van der Waals surface area contributed by atoms with E-state index in [0.717, 1.165) is 33.8 Å². The summed E-state index contributed by atoms with van der Waals surface area (Å²) in [6.07, 6.45) is 0. The Morgan fingerprint density at radius 1 is 0.949 bits per heavy atom. The van der Waals surface area contributed by atoms with Gasteiger partial charge in [-0.1, -0.05) is 41.4 Å². The molecule has 0 radical (unpaired) electrons. The van der Waals surface area contributed by atoms with Crippen molar-refractivity contribution in [2.75, 3.05) is 19.1 Å². The molecular formula is C31H29Cl2N3O3. The Morgan fingerprint density at radius 3 is 2.28 bits per heavy atom. The molecular weight excluding hydrogens is 533 g/mol. The number of methoxy groups -OCH3 is 1. The number of carbonyl (C=O) groups excluding carboxylic acids is 2. The van der Waals surface area contributed by atoms with Gasteiger partial charge in [0.2, 0.25) is 0 Å². The van der Waals surface area contributed by atoms with Gasteiger partial charge in [0.25, 0.3) is 11.8 Å². The number of rotatable bonds is 6. The molecule has 0 aliphatic carbocycles. The average molecular weight is 562 g/mol. The molecule has 8 heteroatoms. The number of hydrogen-bond acceptors (Lipinski definition) is 3. The highest BCUT2D eigenvalue weighted by Crippen LogP contribution is 2.48. The van der Waals surface area contributed by atoms with Crippen LogP contribution in [0.5, 0.6) is 5.75 Å². The lowest BCUT2D eigenvalue weighted by atomic mass is 10.0. The number of hydrogen-bond donors (Lipinski definition) is 1. The van der Waals surface area contributed by atoms with E-state index < -0.39 is 6.04 Å². The van der Waals surface area contributed by atoms with E-state index in [9.17, 15) is 9.59 Å². The largest absolute Gasteiger partial charge is 0.496 e. The first-order valence-electron chi connectivity index (χ1n) is 12.7. The van der Waals surface area contributed by atoms with Crippen molar-refractivity contribution in [3.05, 3.63) is 105 Å². The SMILES string of the molecule is CNC(=O)c1ccc(OC)c(-c2cc3c(n2C(C)C)[C@H](c2ccc(Cl)cc2)N(c2cc(Cl)ccc2C)C3=O)c1. The van der Waals surface area contributed by atoms with E-state index in [1.165, 1.54) is 0 Å². The third-order valence-corrected chi connectivity index (χ3v) is 7.63. The molecule has 2 amide bonds. The van der Waals surface area contributed by atoms with Crippen molar-refractivity contribution < 1.29 is 14.3 Å². The third-order valence-electron chi connectivity index (χ3n) is 7.14. The quantitative estimate of drug-likeness (QED) is 0.265. The third kappa shape index (κ3) is 4.58. The van der Waals surface area contributed by atoms with E-state index in [2.05, 4.69) is 23.7 Å². The Kier molecular flexibility index (Phi) is 7.19. The number of nitrogens with zero attached hydrogens (tertiary/aromatic N) is 2. The first-order chi connectivity index (χ1) is 18.7. The number of aryl methyl sites for hydroxylation is 1. The van der Waals surface area contributed by atoms with Crippen molar-refractivity contribution in [3.8, 4) is 17.0 Å². The standard InChI is InChI=1S/C31H29Cl2N3O3/c1-17(2)35-26(23-14-20(30(37)34-4)9-13-27(23)39-5)16-24-29(35)28(19-7-11-21(32)12-8-19)36(31(24)38)25-15-22(33)10-6-18(25)3/h6-17,28H,1-5H3,(H,34,37)/t28-/m0/s1. The maximum absolute atomic E-state index is 14.3. The van der Waals surface area contributed by atoms with E-state index in [-0.39, 0.29) is 17.9 Å². The number of carbonyl (C=O) groups is 2. The summed E-state index contributed by atoms with van der Waals surface area (Å²) in [4.78, 5) is 28.6. The predicted molar refractivity (Wildman–Crippen MR) is 156 cm³/mol. The first-order valence-corrected chi connectivity index (χ1v) is 13.4. The summed E-state index contributed by atoms with van der Waals surface area (Å²) in [6, 6.07) is 19.9. The normalized spacial score (nSPS) is 14.6. The summed E-state index contributed by atoms with van der Waals surface area (Å²) in [6.45, 7) is 6.13. The zero-order chi connectivity index (χ0) is 28.0. The smallest absolute Gasteiger partial charge is 0.261 e. The van der Waals surface area contributed by atoms with Gasteiger partial charge >= 0.3 is 0 Å². The first kappa shape index (κ1) is 26.9. The fourth-order valence-electron chi connectivity index (χ4n) is 5.36. The minimum absolute atomic E-state index is 0.0138. The van der Waals surface area contributed by atoms with Crippen molar-refractivity contribution >= 4 is 40.7 Å². The highest BCUT2D eigenvalue weighted by molar-refractivity contribution is 6.31. The second-order valence-electron chi connectivity index (χ2n) is 9.85. The molecule has 200 valence electrons. The van der Waals surface area contributed by atoms with Crippen LogP contribution in [0.2, 0.25) is 10.0 Å². The number of benzene rings is 3. The van der Waals surface area contributed by atoms with Crippen LogP contribution < -0.4 is 15.0 Å². The Balaban J connectivity index is 1.80. The molecule has 0 saturated heterocycles. The van der Waals surface area contributed by atoms with Crippen LogP contribution in [0.25, 0.3) is 11.3 Å². The number of nitrogens with one attached hydrogen (secondary N) is 1. The summed E-state index contributed by atoms with van der Waals surface area (Å²) in [5, 5.41) is 3.85. The zero-order valence-corrected chi connectivity index (χ0v) is 23.9. The van der Waals surface area contributed by atoms with Crippen LogP contribution in [0.15, 0.2) is 66.7 Å². The fourth-order valence-corrected chi connectivity index (χ4v) is 5.65. The highest BCUT2D eigenvalue weighted by atomic mass is 35.5. The number of amides is 2. The van der Waals surface area contributed by atoms with Gasteiger partial charge in [0, 0.05) is 39.9 Å². The van der Waals surface area contributed by atoms with Gasteiger partial charge in [-0.25, -0.2) is 0 Å². The lowest BCUT2D eigenvalue weighted by Gasteiger charge is -2.30. The summed E-state index contributed by atoms with van der Waals surface area (Å²) in [7, 11) is 3.19. The molecule has 6 nitrogen and oxygen atoms in total. The van der Waals surface area contributed by atoms with Crippen LogP contribution in [0, 0.1) is 6.92 Å². The Morgan fingerprint density at radius 2 is 1.64 bits per heavy atom. The fraction of sp³-hybridized carbons (Fsp3) is 0.226. The maximum Gasteiger partial charge on any atom is 0.261 e. The monoisotopic (exact) mass is 561 g/mol. The molecule has 0 spiro atoms. The van der Waals surface area contributed by atoms with E-state index in [1.54, 1.807) is 26.3 Å². The van der Waals surface area contributed by atoms with Crippen LogP contribution in [-0.4, -0.2) is 30.5 Å². The highest BCUT2D eigenvalue weighted by Gasteiger charge is 2.44. The minimum atomic E-state index is -0.425. The molecule has 1 aliphatic heterocycles. The van der Waals surface area contributed by atoms with Gasteiger partial charge in [0.1, 0.15) is 11.8 Å². The molecule has 0 fully saturated rings. The number of halogens is 2. The van der Waals surface area contributed by atoms with Crippen molar-refractivity contribution in [2.24, 2.45) is 0 Å². The van der Waals surface area contributed by atoms with Crippen molar-refractivity contribution in [2.45, 2.75) is 32.9 Å². The molecule has 1 atom stereocenters. The summed E-state index contributed by atoms with van der Waals surface area (Å²) < 4.78 is 7.87. The topological polar surface area (TPSA) is 63.6 Å². The summed E-state index contributed by atoms with van der Waals surface area (Å²) in [5.74, 6) is 0.281. The predicted octanol–water partition coefficient (Wildman–Crippen LogP) is 7.47. The molecule has 1 N–H and O–H groups in total. The lowest BCUT2D eigenvalue weighted by Crippen LogP contribution is -2.30. The van der Waals surface area contributed by atoms with Gasteiger partial charge in [0.05, 0.1) is 24.1 Å². The average Bonchev–Trinajstić information content (AvgIpc) is 3.45. The second kappa shape index (κ2) is 10.4. The molecule has 5 rings (SSSR count). The van der Waals surface area contributed by atoms with E-state index in [1.807, 2.05) is 66.4 Å². The molecule has 0 saturated carbocycles. The number of ether oxygens (including phenoxy) is 1. The Hall–Kier alpha value is -3.74. The van der Waals surface area contributed by atoms with Gasteiger partial charge in [0.15, 0.2) is 0 Å². The summed E-state index contributed by atoms with van der Waals surface area (Å²) in [5.41, 5.74) is 6.09. The lowest BCUT2D eigenvalue weighted by molar-refractivity contribution is 0.0961. The van der Waals surface area contributed by atoms with Crippen molar-refractivity contribution in [3.63, 3.8) is 0 Å². The van der Waals surface area contributed by atoms with Gasteiger partial charge < -0.3 is 14.6 Å². The number of aromatic nitrogens is 1. The zero-order valence-electron chi connectivity index (χ0n) is 22.4. The maximum atomic E-state index is 14.3. The van der Waals surface area contributed by atoms with Gasteiger partial charge in [-0.2, -0.15) is 0 Å². The molecule has 4 aromatic rings. The Labute approximate surface area is 238 Å². The number of anilines is 1. The molecule has 1 aromatic heterocycles. The second-order valence-corrected chi connectivity index (χ2v) is 10.7. The van der Waals surface area contributed by atoms with Crippen molar-refractivity contribution in [1.29, 1.82) is 0 Å². The van der Waals surface area contributed by atoms with E-state index in [4.69, 9.17) is 27.9 Å². The van der Waals surface area contributed by atoms with E-state index >= 15 is 0 Å². The molecule has 1 aliphatic rings. The van der Waals surface area contributed by atoms with Crippen LogP contribution in [0.3, 0.4) is 0 Å². The molecule has 3 aromatic carbocycles. The van der Waals surface area contributed by atoms with E-state index in [0.29, 0.717) is 26.9 Å². The molecule has 2 heterocycles. The molecule has 0 bridgehead atoms. The Bertz CT molecular complexity index is 1590. The minimum Gasteiger partial charge on any atom is -0.496 e.